The highest BCUT2D eigenvalue weighted by atomic mass is 16.3. The molecular weight excluding hydrogens is 1490 g/mol. The Balaban J connectivity index is 0.000000157. The highest BCUT2D eigenvalue weighted by molar-refractivity contribution is 5.59. The number of aromatic hydroxyl groups is 15. The van der Waals surface area contributed by atoms with E-state index in [2.05, 4.69) is 24.3 Å². The molecule has 15 heteroatoms. The van der Waals surface area contributed by atoms with Gasteiger partial charge in [0.15, 0.2) is 0 Å². The van der Waals surface area contributed by atoms with E-state index >= 15 is 0 Å². The monoisotopic (exact) mass is 1590 g/mol. The molecule has 119 heavy (non-hydrogen) atoms. The Hall–Kier alpha value is -13.9. The molecule has 0 bridgehead atoms. The average molecular weight is 1590 g/mol. The Morgan fingerprint density at radius 3 is 0.647 bits per heavy atom. The summed E-state index contributed by atoms with van der Waals surface area (Å²) in [5.74, 6) is 2.79. The lowest BCUT2D eigenvalue weighted by Crippen LogP contribution is -2.06. The van der Waals surface area contributed by atoms with Crippen molar-refractivity contribution in [3.63, 3.8) is 0 Å². The van der Waals surface area contributed by atoms with Crippen LogP contribution >= 0.6 is 0 Å². The number of hydrogen-bond donors (Lipinski definition) is 15. The van der Waals surface area contributed by atoms with Gasteiger partial charge in [-0.05, 0) is 301 Å². The van der Waals surface area contributed by atoms with Gasteiger partial charge in [0.05, 0.1) is 0 Å². The summed E-state index contributed by atoms with van der Waals surface area (Å²) in [5, 5.41) is 152. The summed E-state index contributed by atoms with van der Waals surface area (Å²) < 4.78 is 0. The molecule has 15 N–H and O–H groups in total. The zero-order chi connectivity index (χ0) is 86.0. The topological polar surface area (TPSA) is 303 Å². The van der Waals surface area contributed by atoms with E-state index < -0.39 is 0 Å². The SMILES string of the molecule is Cc1cc(Cc2cc(Cc3cc(C)c(O)c(C)c3)c(O)c(C)c2O)cc(C)c1O.Cc1cc(Cc2cc(Cc3cc(C)c(O)c(C)c3)c(O)cc2O)cc(C)c1O.Cc1ccc(O)c(Cc2cc(C)cc(Cc3cc(C)ccc3O)c2O)c1.Oc1ccc(C(c2ccc(O)cc2)c2ccc(C(c3ccc(O)cc3)c3ccc(O)cc3)cc2)cc1. The van der Waals surface area contributed by atoms with Gasteiger partial charge in [0.25, 0.3) is 0 Å². The molecule has 610 valence electrons. The molecule has 0 aliphatic heterocycles. The van der Waals surface area contributed by atoms with Crippen LogP contribution in [-0.4, -0.2) is 76.6 Å². The largest absolute Gasteiger partial charge is 0.508 e. The van der Waals surface area contributed by atoms with Crippen LogP contribution in [0.25, 0.3) is 0 Å². The average Bonchev–Trinajstić information content (AvgIpc) is 0.799. The Kier molecular flexibility index (Phi) is 27.0. The van der Waals surface area contributed by atoms with Gasteiger partial charge in [-0.2, -0.15) is 0 Å². The van der Waals surface area contributed by atoms with Crippen molar-refractivity contribution in [1.82, 2.24) is 0 Å². The summed E-state index contributed by atoms with van der Waals surface area (Å²) in [7, 11) is 0. The van der Waals surface area contributed by atoms with E-state index in [0.717, 1.165) is 150 Å². The van der Waals surface area contributed by atoms with Crippen LogP contribution in [0.4, 0.5) is 0 Å². The molecule has 0 spiro atoms. The van der Waals surface area contributed by atoms with Crippen molar-refractivity contribution in [2.45, 2.75) is 133 Å². The summed E-state index contributed by atoms with van der Waals surface area (Å²) in [4.78, 5) is 0. The molecule has 14 aromatic carbocycles. The van der Waals surface area contributed by atoms with Crippen LogP contribution < -0.4 is 0 Å². The first kappa shape index (κ1) is 86.0. The summed E-state index contributed by atoms with van der Waals surface area (Å²) in [5.41, 5.74) is 26.2. The van der Waals surface area contributed by atoms with Crippen LogP contribution in [0.3, 0.4) is 0 Å². The summed E-state index contributed by atoms with van der Waals surface area (Å²) >= 11 is 0. The van der Waals surface area contributed by atoms with Gasteiger partial charge in [0.2, 0.25) is 0 Å². The molecule has 0 aromatic heterocycles. The molecule has 0 fully saturated rings. The van der Waals surface area contributed by atoms with Crippen molar-refractivity contribution in [1.29, 1.82) is 0 Å². The fourth-order valence-electron chi connectivity index (χ4n) is 15.7. The van der Waals surface area contributed by atoms with Crippen LogP contribution in [0, 0.1) is 83.1 Å². The van der Waals surface area contributed by atoms with Crippen LogP contribution in [0.2, 0.25) is 0 Å². The Bertz CT molecular complexity index is 5450. The third-order valence-electron chi connectivity index (χ3n) is 21.9. The van der Waals surface area contributed by atoms with E-state index in [9.17, 15) is 76.6 Å². The number of phenolic OH excluding ortho intramolecular Hbond substituents is 15. The van der Waals surface area contributed by atoms with Gasteiger partial charge in [-0.15, -0.1) is 0 Å². The van der Waals surface area contributed by atoms with Gasteiger partial charge in [0, 0.05) is 62.0 Å². The lowest BCUT2D eigenvalue weighted by Gasteiger charge is -2.22. The van der Waals surface area contributed by atoms with Crippen molar-refractivity contribution < 1.29 is 76.6 Å². The van der Waals surface area contributed by atoms with Crippen LogP contribution in [0.1, 0.15) is 179 Å². The predicted octanol–water partition coefficient (Wildman–Crippen LogP) is 21.9. The normalized spacial score (nSPS) is 11.0. The van der Waals surface area contributed by atoms with E-state index in [-0.39, 0.29) is 86.6 Å². The summed E-state index contributed by atoms with van der Waals surface area (Å²) in [6.45, 7) is 22.5. The molecule has 0 aliphatic carbocycles. The Morgan fingerprint density at radius 2 is 0.387 bits per heavy atom. The third-order valence-corrected chi connectivity index (χ3v) is 21.9. The van der Waals surface area contributed by atoms with Crippen LogP contribution in [-0.2, 0) is 38.5 Å². The number of phenols is 15. The minimum atomic E-state index is -0.0824. The van der Waals surface area contributed by atoms with Crippen molar-refractivity contribution in [2.24, 2.45) is 0 Å². The third kappa shape index (κ3) is 21.2. The fourth-order valence-corrected chi connectivity index (χ4v) is 15.7. The molecule has 0 atom stereocenters. The standard InChI is InChI=1S/C32H26O4.C25H28O4.C24H26O4.C23H24O3/c33-27-13-5-23(6-14-27)31(24-7-15-28(34)16-8-24)21-1-2-22(4-3-21)32(25-9-17-29(35)18-10-25)26-11-19-30(36)20-12-26;1-13-6-18(7-14(2)22(13)26)10-20-12-21(25(29)17(5)24(20)28)11-19-8-15(3)23(27)16(4)9-19;1-13-5-17(6-14(2)23(13)27)9-19-11-20(22(26)12-21(19)25)10-18-7-15(3)24(28)16(4)8-18;1-14-4-6-21(24)17(8-14)12-19-10-16(3)11-20(23(19)26)13-18-9-15(2)5-7-22(18)25/h1-20,31-36H;6-9,12,26-29H,10-11H2,1-5H3;5-8,11-12,25-28H,9-10H2,1-4H3;4-11,24-26H,12-13H2,1-3H3. The second kappa shape index (κ2) is 37.3. The second-order valence-electron chi connectivity index (χ2n) is 31.6. The lowest BCUT2D eigenvalue weighted by molar-refractivity contribution is 0.435. The Labute approximate surface area is 695 Å². The molecule has 0 radical (unpaired) electrons. The highest BCUT2D eigenvalue weighted by Gasteiger charge is 2.24. The molecule has 0 saturated carbocycles. The molecule has 0 amide bonds. The summed E-state index contributed by atoms with van der Waals surface area (Å²) in [6.07, 6.45) is 2.89. The molecular formula is C104H104O15. The smallest absolute Gasteiger partial charge is 0.125 e. The van der Waals surface area contributed by atoms with Crippen molar-refractivity contribution >= 4 is 0 Å². The van der Waals surface area contributed by atoms with E-state index in [1.165, 1.54) is 6.07 Å². The van der Waals surface area contributed by atoms with E-state index in [1.807, 2.05) is 222 Å². The quantitative estimate of drug-likeness (QED) is 0.0355. The molecule has 14 aromatic rings. The predicted molar refractivity (Wildman–Crippen MR) is 471 cm³/mol. The number of benzene rings is 14. The minimum absolute atomic E-state index is 0.0442. The number of aryl methyl sites for hydroxylation is 11. The van der Waals surface area contributed by atoms with E-state index in [0.29, 0.717) is 66.7 Å². The van der Waals surface area contributed by atoms with Gasteiger partial charge < -0.3 is 76.6 Å². The number of rotatable bonds is 18. The Morgan fingerprint density at radius 1 is 0.176 bits per heavy atom. The first-order chi connectivity index (χ1) is 56.5. The molecule has 0 heterocycles. The van der Waals surface area contributed by atoms with Gasteiger partial charge in [0.1, 0.15) is 86.2 Å². The fraction of sp³-hybridized carbons (Fsp3) is 0.192. The number of hydrogen-bond acceptors (Lipinski definition) is 15. The highest BCUT2D eigenvalue weighted by Crippen LogP contribution is 2.42. The van der Waals surface area contributed by atoms with Crippen molar-refractivity contribution in [3.05, 3.63) is 403 Å². The van der Waals surface area contributed by atoms with E-state index in [1.54, 1.807) is 67.6 Å². The minimum Gasteiger partial charge on any atom is -0.508 e. The molecule has 15 nitrogen and oxygen atoms in total. The maximum Gasteiger partial charge on any atom is 0.125 e. The summed E-state index contributed by atoms with van der Waals surface area (Å²) in [6, 6.07) is 72.3. The van der Waals surface area contributed by atoms with Gasteiger partial charge in [-0.25, -0.2) is 0 Å². The van der Waals surface area contributed by atoms with Gasteiger partial charge >= 0.3 is 0 Å². The van der Waals surface area contributed by atoms with Gasteiger partial charge in [-0.3, -0.25) is 0 Å². The van der Waals surface area contributed by atoms with Crippen molar-refractivity contribution in [2.75, 3.05) is 0 Å². The molecule has 0 aliphatic rings. The zero-order valence-corrected chi connectivity index (χ0v) is 69.1. The molecule has 14 rings (SSSR count). The maximum absolute atomic E-state index is 10.8. The zero-order valence-electron chi connectivity index (χ0n) is 69.1. The van der Waals surface area contributed by atoms with Crippen LogP contribution in [0.5, 0.6) is 86.2 Å². The molecule has 0 saturated heterocycles. The van der Waals surface area contributed by atoms with Crippen molar-refractivity contribution in [3.8, 4) is 86.2 Å². The second-order valence-corrected chi connectivity index (χ2v) is 31.6. The van der Waals surface area contributed by atoms with Crippen LogP contribution in [0.15, 0.2) is 237 Å². The maximum atomic E-state index is 10.8. The molecule has 0 unspecified atom stereocenters. The van der Waals surface area contributed by atoms with E-state index in [4.69, 9.17) is 0 Å². The van der Waals surface area contributed by atoms with Gasteiger partial charge in [-0.1, -0.05) is 174 Å². The first-order valence-electron chi connectivity index (χ1n) is 39.4. The first-order valence-corrected chi connectivity index (χ1v) is 39.4. The lowest BCUT2D eigenvalue weighted by atomic mass is 9.81.